The van der Waals surface area contributed by atoms with Gasteiger partial charge in [0.1, 0.15) is 5.82 Å². The maximum Gasteiger partial charge on any atom is 0.261 e. The van der Waals surface area contributed by atoms with Gasteiger partial charge < -0.3 is 5.32 Å². The summed E-state index contributed by atoms with van der Waals surface area (Å²) in [6.45, 7) is 5.26. The van der Waals surface area contributed by atoms with Crippen LogP contribution in [0.3, 0.4) is 0 Å². The minimum Gasteiger partial charge on any atom is -0.322 e. The van der Waals surface area contributed by atoms with Gasteiger partial charge in [-0.1, -0.05) is 18.2 Å². The third kappa shape index (κ3) is 4.81. The molecule has 2 N–H and O–H groups in total. The van der Waals surface area contributed by atoms with Crippen LogP contribution < -0.4 is 10.0 Å². The van der Waals surface area contributed by atoms with E-state index in [2.05, 4.69) is 10.0 Å². The van der Waals surface area contributed by atoms with Gasteiger partial charge in [0.25, 0.3) is 15.9 Å². The lowest BCUT2D eigenvalue weighted by atomic mass is 10.1. The quantitative estimate of drug-likeness (QED) is 0.632. The van der Waals surface area contributed by atoms with Crippen molar-refractivity contribution in [1.29, 1.82) is 0 Å². The molecule has 5 nitrogen and oxygen atoms in total. The number of halogens is 1. The first-order valence-corrected chi connectivity index (χ1v) is 10.4. The van der Waals surface area contributed by atoms with E-state index in [4.69, 9.17) is 0 Å². The number of hydrogen-bond acceptors (Lipinski definition) is 3. The van der Waals surface area contributed by atoms with E-state index in [0.29, 0.717) is 22.5 Å². The molecule has 3 aromatic carbocycles. The van der Waals surface area contributed by atoms with Gasteiger partial charge in [-0.25, -0.2) is 12.8 Å². The van der Waals surface area contributed by atoms with E-state index in [9.17, 15) is 17.6 Å². The molecule has 29 heavy (non-hydrogen) atoms. The fourth-order valence-corrected chi connectivity index (χ4v) is 3.97. The second-order valence-electron chi connectivity index (χ2n) is 6.87. The molecule has 0 aromatic heterocycles. The minimum absolute atomic E-state index is 0.0226. The second-order valence-corrected chi connectivity index (χ2v) is 8.55. The van der Waals surface area contributed by atoms with Crippen LogP contribution >= 0.6 is 0 Å². The first-order chi connectivity index (χ1) is 13.7. The minimum atomic E-state index is -3.87. The Balaban J connectivity index is 1.89. The molecule has 0 unspecified atom stereocenters. The molecule has 3 rings (SSSR count). The SMILES string of the molecule is Cc1cccc(NS(=O)(=O)c2ccc(C)c(C(=O)Nc3ccc(F)cc3C)c2)c1. The number of carbonyl (C=O) groups is 1. The number of hydrogen-bond donors (Lipinski definition) is 2. The van der Waals surface area contributed by atoms with Crippen LogP contribution in [-0.2, 0) is 10.0 Å². The van der Waals surface area contributed by atoms with Crippen molar-refractivity contribution in [3.8, 4) is 0 Å². The standard InChI is InChI=1S/C22H21FN2O3S/c1-14-5-4-6-18(11-14)25-29(27,28)19-9-7-15(2)20(13-19)22(26)24-21-10-8-17(23)12-16(21)3/h4-13,25H,1-3H3,(H,24,26). The monoisotopic (exact) mass is 412 g/mol. The Labute approximate surface area is 169 Å². The highest BCUT2D eigenvalue weighted by atomic mass is 32.2. The maximum atomic E-state index is 13.3. The Bertz CT molecular complexity index is 1190. The zero-order chi connectivity index (χ0) is 21.2. The molecule has 0 fully saturated rings. The molecular weight excluding hydrogens is 391 g/mol. The van der Waals surface area contributed by atoms with Crippen LogP contribution in [0.25, 0.3) is 0 Å². The molecule has 0 aliphatic carbocycles. The van der Waals surface area contributed by atoms with Gasteiger partial charge in [0, 0.05) is 16.9 Å². The van der Waals surface area contributed by atoms with E-state index in [1.807, 2.05) is 13.0 Å². The molecule has 3 aromatic rings. The normalized spacial score (nSPS) is 11.2. The molecular formula is C22H21FN2O3S. The Kier molecular flexibility index (Phi) is 5.70. The summed E-state index contributed by atoms with van der Waals surface area (Å²) in [5, 5.41) is 2.71. The molecule has 0 atom stereocenters. The van der Waals surface area contributed by atoms with Crippen LogP contribution in [0.4, 0.5) is 15.8 Å². The molecule has 0 spiro atoms. The summed E-state index contributed by atoms with van der Waals surface area (Å²) >= 11 is 0. The zero-order valence-electron chi connectivity index (χ0n) is 16.3. The predicted molar refractivity (Wildman–Crippen MR) is 112 cm³/mol. The van der Waals surface area contributed by atoms with Crippen LogP contribution in [0.1, 0.15) is 27.0 Å². The summed E-state index contributed by atoms with van der Waals surface area (Å²) in [7, 11) is -3.87. The molecule has 7 heteroatoms. The summed E-state index contributed by atoms with van der Waals surface area (Å²) in [6, 6.07) is 15.4. The average molecular weight is 412 g/mol. The van der Waals surface area contributed by atoms with Crippen molar-refractivity contribution in [3.63, 3.8) is 0 Å². The molecule has 0 heterocycles. The largest absolute Gasteiger partial charge is 0.322 e. The summed E-state index contributed by atoms with van der Waals surface area (Å²) in [6.07, 6.45) is 0. The number of rotatable bonds is 5. The maximum absolute atomic E-state index is 13.3. The van der Waals surface area contributed by atoms with Crippen molar-refractivity contribution < 1.29 is 17.6 Å². The highest BCUT2D eigenvalue weighted by molar-refractivity contribution is 7.92. The number of benzene rings is 3. The Morgan fingerprint density at radius 2 is 1.66 bits per heavy atom. The molecule has 1 amide bonds. The first kappa shape index (κ1) is 20.5. The van der Waals surface area contributed by atoms with E-state index < -0.39 is 21.7 Å². The van der Waals surface area contributed by atoms with Crippen LogP contribution in [0.15, 0.2) is 65.6 Å². The zero-order valence-corrected chi connectivity index (χ0v) is 17.1. The smallest absolute Gasteiger partial charge is 0.261 e. The molecule has 150 valence electrons. The van der Waals surface area contributed by atoms with Gasteiger partial charge in [-0.3, -0.25) is 9.52 Å². The van der Waals surface area contributed by atoms with Crippen LogP contribution in [0.5, 0.6) is 0 Å². The van der Waals surface area contributed by atoms with E-state index in [1.54, 1.807) is 38.1 Å². The molecule has 0 aliphatic rings. The fourth-order valence-electron chi connectivity index (χ4n) is 2.89. The van der Waals surface area contributed by atoms with Gasteiger partial charge >= 0.3 is 0 Å². The Morgan fingerprint density at radius 1 is 0.897 bits per heavy atom. The summed E-state index contributed by atoms with van der Waals surface area (Å²) in [4.78, 5) is 12.7. The van der Waals surface area contributed by atoms with E-state index >= 15 is 0 Å². The number of aryl methyl sites for hydroxylation is 3. The number of carbonyl (C=O) groups excluding carboxylic acids is 1. The summed E-state index contributed by atoms with van der Waals surface area (Å²) < 4.78 is 41.3. The van der Waals surface area contributed by atoms with E-state index in [-0.39, 0.29) is 10.5 Å². The highest BCUT2D eigenvalue weighted by Gasteiger charge is 2.19. The van der Waals surface area contributed by atoms with Crippen molar-refractivity contribution in [1.82, 2.24) is 0 Å². The highest BCUT2D eigenvalue weighted by Crippen LogP contribution is 2.22. The topological polar surface area (TPSA) is 75.3 Å². The van der Waals surface area contributed by atoms with Crippen LogP contribution in [0, 0.1) is 26.6 Å². The van der Waals surface area contributed by atoms with Gasteiger partial charge in [-0.05, 0) is 79.9 Å². The average Bonchev–Trinajstić information content (AvgIpc) is 2.63. The molecule has 0 aliphatic heterocycles. The second kappa shape index (κ2) is 8.05. The van der Waals surface area contributed by atoms with E-state index in [0.717, 1.165) is 5.56 Å². The third-order valence-corrected chi connectivity index (χ3v) is 5.85. The fraction of sp³-hybridized carbons (Fsp3) is 0.136. The predicted octanol–water partition coefficient (Wildman–Crippen LogP) is 4.80. The number of sulfonamides is 1. The molecule has 0 saturated heterocycles. The Hall–Kier alpha value is -3.19. The number of anilines is 2. The molecule has 0 saturated carbocycles. The lowest BCUT2D eigenvalue weighted by Crippen LogP contribution is -2.17. The lowest BCUT2D eigenvalue weighted by molar-refractivity contribution is 0.102. The van der Waals surface area contributed by atoms with Crippen LogP contribution in [0.2, 0.25) is 0 Å². The summed E-state index contributed by atoms with van der Waals surface area (Å²) in [5.74, 6) is -0.864. The van der Waals surface area contributed by atoms with Crippen molar-refractivity contribution in [2.45, 2.75) is 25.7 Å². The summed E-state index contributed by atoms with van der Waals surface area (Å²) in [5.41, 5.74) is 3.24. The van der Waals surface area contributed by atoms with Crippen molar-refractivity contribution in [3.05, 3.63) is 88.7 Å². The van der Waals surface area contributed by atoms with Crippen molar-refractivity contribution in [2.24, 2.45) is 0 Å². The van der Waals surface area contributed by atoms with Gasteiger partial charge in [-0.2, -0.15) is 0 Å². The van der Waals surface area contributed by atoms with Crippen molar-refractivity contribution in [2.75, 3.05) is 10.0 Å². The van der Waals surface area contributed by atoms with Crippen LogP contribution in [-0.4, -0.2) is 14.3 Å². The first-order valence-electron chi connectivity index (χ1n) is 8.93. The molecule has 0 bridgehead atoms. The lowest BCUT2D eigenvalue weighted by Gasteiger charge is -2.13. The van der Waals surface area contributed by atoms with Crippen molar-refractivity contribution >= 4 is 27.3 Å². The van der Waals surface area contributed by atoms with Gasteiger partial charge in [0.15, 0.2) is 0 Å². The number of nitrogens with one attached hydrogen (secondary N) is 2. The Morgan fingerprint density at radius 3 is 2.34 bits per heavy atom. The van der Waals surface area contributed by atoms with Gasteiger partial charge in [-0.15, -0.1) is 0 Å². The van der Waals surface area contributed by atoms with Gasteiger partial charge in [0.05, 0.1) is 4.90 Å². The van der Waals surface area contributed by atoms with Gasteiger partial charge in [0.2, 0.25) is 0 Å². The van der Waals surface area contributed by atoms with E-state index in [1.165, 1.54) is 30.3 Å². The third-order valence-electron chi connectivity index (χ3n) is 4.47. The number of amides is 1. The molecule has 0 radical (unpaired) electrons.